The van der Waals surface area contributed by atoms with Gasteiger partial charge in [0.15, 0.2) is 0 Å². The number of pyridine rings is 1. The van der Waals surface area contributed by atoms with Gasteiger partial charge in [0, 0.05) is 25.5 Å². The van der Waals surface area contributed by atoms with Gasteiger partial charge in [-0.05, 0) is 38.0 Å². The van der Waals surface area contributed by atoms with Gasteiger partial charge < -0.3 is 15.0 Å². The van der Waals surface area contributed by atoms with Crippen LogP contribution in [0.2, 0.25) is 0 Å². The lowest BCUT2D eigenvalue weighted by Gasteiger charge is -2.18. The van der Waals surface area contributed by atoms with Gasteiger partial charge in [-0.25, -0.2) is 9.78 Å². The van der Waals surface area contributed by atoms with E-state index in [9.17, 15) is 4.79 Å². The van der Waals surface area contributed by atoms with Crippen LogP contribution in [-0.2, 0) is 6.42 Å². The van der Waals surface area contributed by atoms with Gasteiger partial charge in [-0.1, -0.05) is 0 Å². The number of nitrogens with one attached hydrogen (secondary N) is 2. The second-order valence-electron chi connectivity index (χ2n) is 5.07. The summed E-state index contributed by atoms with van der Waals surface area (Å²) in [6.07, 6.45) is 2.37. The Morgan fingerprint density at radius 3 is 2.86 bits per heavy atom. The molecule has 2 heterocycles. The van der Waals surface area contributed by atoms with Gasteiger partial charge in [0.05, 0.1) is 12.8 Å². The zero-order valence-electron chi connectivity index (χ0n) is 13.3. The van der Waals surface area contributed by atoms with Crippen molar-refractivity contribution in [2.75, 3.05) is 26.0 Å². The molecule has 0 aliphatic heterocycles. The van der Waals surface area contributed by atoms with Crippen molar-refractivity contribution in [3.8, 4) is 5.88 Å². The lowest BCUT2D eigenvalue weighted by molar-refractivity contribution is 0.223. The smallest absolute Gasteiger partial charge is 0.321 e. The fourth-order valence-corrected chi connectivity index (χ4v) is 2.18. The highest BCUT2D eigenvalue weighted by Gasteiger charge is 2.14. The summed E-state index contributed by atoms with van der Waals surface area (Å²) in [6.45, 7) is 4.53. The van der Waals surface area contributed by atoms with Gasteiger partial charge in [-0.2, -0.15) is 5.10 Å². The van der Waals surface area contributed by atoms with E-state index in [-0.39, 0.29) is 6.03 Å². The Labute approximate surface area is 129 Å². The zero-order valence-corrected chi connectivity index (χ0v) is 13.3. The number of aromatic nitrogens is 3. The fourth-order valence-electron chi connectivity index (χ4n) is 2.18. The number of hydrogen-bond donors (Lipinski definition) is 2. The van der Waals surface area contributed by atoms with E-state index in [2.05, 4.69) is 20.5 Å². The third-order valence-electron chi connectivity index (χ3n) is 3.53. The highest BCUT2D eigenvalue weighted by atomic mass is 16.5. The van der Waals surface area contributed by atoms with Crippen LogP contribution in [0, 0.1) is 13.8 Å². The van der Waals surface area contributed by atoms with Crippen LogP contribution < -0.4 is 10.1 Å². The van der Waals surface area contributed by atoms with Crippen LogP contribution in [-0.4, -0.2) is 46.8 Å². The molecule has 0 spiro atoms. The Hall–Kier alpha value is -2.57. The molecule has 0 unspecified atom stereocenters. The minimum Gasteiger partial charge on any atom is -0.480 e. The van der Waals surface area contributed by atoms with E-state index in [1.165, 1.54) is 7.11 Å². The Balaban J connectivity index is 1.95. The number of aromatic amines is 1. The maximum atomic E-state index is 12.2. The molecule has 0 aliphatic carbocycles. The van der Waals surface area contributed by atoms with E-state index in [4.69, 9.17) is 4.74 Å². The van der Waals surface area contributed by atoms with Crippen molar-refractivity contribution in [1.82, 2.24) is 20.1 Å². The number of methoxy groups -OCH3 is 1. The Morgan fingerprint density at radius 1 is 1.45 bits per heavy atom. The molecule has 0 bridgehead atoms. The first-order chi connectivity index (χ1) is 10.5. The van der Waals surface area contributed by atoms with Gasteiger partial charge in [0.1, 0.15) is 5.69 Å². The SMILES string of the molecule is COc1ncccc1NC(=O)N(C)CCc1c(C)n[nH]c1C. The number of anilines is 1. The maximum absolute atomic E-state index is 12.2. The van der Waals surface area contributed by atoms with Crippen molar-refractivity contribution in [2.45, 2.75) is 20.3 Å². The number of carbonyl (C=O) groups is 1. The molecule has 0 radical (unpaired) electrons. The number of ether oxygens (including phenoxy) is 1. The molecule has 118 valence electrons. The van der Waals surface area contributed by atoms with Crippen molar-refractivity contribution in [1.29, 1.82) is 0 Å². The number of urea groups is 1. The first kappa shape index (κ1) is 15.8. The second kappa shape index (κ2) is 6.93. The minimum atomic E-state index is -0.204. The molecule has 0 fully saturated rings. The van der Waals surface area contributed by atoms with Crippen LogP contribution in [0.4, 0.5) is 10.5 Å². The second-order valence-corrected chi connectivity index (χ2v) is 5.07. The lowest BCUT2D eigenvalue weighted by atomic mass is 10.1. The number of rotatable bonds is 5. The number of H-pyrrole nitrogens is 1. The first-order valence-corrected chi connectivity index (χ1v) is 7.04. The third-order valence-corrected chi connectivity index (χ3v) is 3.53. The zero-order chi connectivity index (χ0) is 16.1. The summed E-state index contributed by atoms with van der Waals surface area (Å²) in [5, 5.41) is 9.91. The average molecular weight is 303 g/mol. The molecule has 22 heavy (non-hydrogen) atoms. The van der Waals surface area contributed by atoms with Gasteiger partial charge in [-0.3, -0.25) is 5.10 Å². The fraction of sp³-hybridized carbons (Fsp3) is 0.400. The van der Waals surface area contributed by atoms with Gasteiger partial charge in [0.2, 0.25) is 5.88 Å². The number of carbonyl (C=O) groups excluding carboxylic acids is 1. The van der Waals surface area contributed by atoms with Crippen molar-refractivity contribution in [2.24, 2.45) is 0 Å². The summed E-state index contributed by atoms with van der Waals surface area (Å²) in [7, 11) is 3.27. The van der Waals surface area contributed by atoms with E-state index in [0.29, 0.717) is 18.1 Å². The van der Waals surface area contributed by atoms with Crippen molar-refractivity contribution >= 4 is 11.7 Å². The number of hydrogen-bond acceptors (Lipinski definition) is 4. The lowest BCUT2D eigenvalue weighted by Crippen LogP contribution is -2.33. The third kappa shape index (κ3) is 3.55. The highest BCUT2D eigenvalue weighted by Crippen LogP contribution is 2.20. The maximum Gasteiger partial charge on any atom is 0.321 e. The summed E-state index contributed by atoms with van der Waals surface area (Å²) in [5.41, 5.74) is 3.72. The number of nitrogens with zero attached hydrogens (tertiary/aromatic N) is 3. The van der Waals surface area contributed by atoms with Crippen LogP contribution >= 0.6 is 0 Å². The summed E-state index contributed by atoms with van der Waals surface area (Å²) in [5.74, 6) is 0.394. The van der Waals surface area contributed by atoms with Crippen molar-refractivity contribution in [3.05, 3.63) is 35.3 Å². The standard InChI is InChI=1S/C15H21N5O2/c1-10-12(11(2)19-18-10)7-9-20(3)15(21)17-13-6-5-8-16-14(13)22-4/h5-6,8H,7,9H2,1-4H3,(H,17,21)(H,18,19). The van der Waals surface area contributed by atoms with Gasteiger partial charge >= 0.3 is 6.03 Å². The van der Waals surface area contributed by atoms with Gasteiger partial charge in [-0.15, -0.1) is 0 Å². The van der Waals surface area contributed by atoms with Gasteiger partial charge in [0.25, 0.3) is 0 Å². The quantitative estimate of drug-likeness (QED) is 0.886. The predicted octanol–water partition coefficient (Wildman–Crippen LogP) is 2.14. The summed E-state index contributed by atoms with van der Waals surface area (Å²) in [4.78, 5) is 17.9. The Morgan fingerprint density at radius 2 is 2.23 bits per heavy atom. The van der Waals surface area contributed by atoms with Crippen LogP contribution in [0.1, 0.15) is 17.0 Å². The molecule has 2 aromatic rings. The van der Waals surface area contributed by atoms with E-state index in [1.807, 2.05) is 13.8 Å². The molecule has 2 rings (SSSR count). The number of likely N-dealkylation sites (N-methyl/N-ethyl adjacent to an activating group) is 1. The molecule has 2 N–H and O–H groups in total. The number of aryl methyl sites for hydroxylation is 2. The molecule has 0 atom stereocenters. The van der Waals surface area contributed by atoms with E-state index in [1.54, 1.807) is 30.3 Å². The molecule has 0 saturated heterocycles. The topological polar surface area (TPSA) is 83.1 Å². The molecule has 7 heteroatoms. The van der Waals surface area contributed by atoms with Crippen LogP contribution in [0.15, 0.2) is 18.3 Å². The van der Waals surface area contributed by atoms with E-state index < -0.39 is 0 Å². The largest absolute Gasteiger partial charge is 0.480 e. The molecular weight excluding hydrogens is 282 g/mol. The summed E-state index contributed by atoms with van der Waals surface area (Å²) in [6, 6.07) is 3.29. The minimum absolute atomic E-state index is 0.204. The molecule has 0 aromatic carbocycles. The molecule has 0 saturated carbocycles. The Bertz CT molecular complexity index is 634. The van der Waals surface area contributed by atoms with Crippen LogP contribution in [0.25, 0.3) is 0 Å². The predicted molar refractivity (Wildman–Crippen MR) is 84.2 cm³/mol. The monoisotopic (exact) mass is 303 g/mol. The average Bonchev–Trinajstić information content (AvgIpc) is 2.84. The molecule has 0 aliphatic rings. The summed E-state index contributed by atoms with van der Waals surface area (Å²) >= 11 is 0. The molecular formula is C15H21N5O2. The van der Waals surface area contributed by atoms with E-state index >= 15 is 0 Å². The van der Waals surface area contributed by atoms with Crippen molar-refractivity contribution < 1.29 is 9.53 Å². The number of amides is 2. The molecule has 7 nitrogen and oxygen atoms in total. The normalized spacial score (nSPS) is 10.4. The van der Waals surface area contributed by atoms with Crippen LogP contribution in [0.5, 0.6) is 5.88 Å². The highest BCUT2D eigenvalue weighted by molar-refractivity contribution is 5.90. The van der Waals surface area contributed by atoms with Crippen LogP contribution in [0.3, 0.4) is 0 Å². The Kier molecular flexibility index (Phi) is 4.98. The molecule has 2 amide bonds. The van der Waals surface area contributed by atoms with Crippen molar-refractivity contribution in [3.63, 3.8) is 0 Å². The van der Waals surface area contributed by atoms with E-state index in [0.717, 1.165) is 23.4 Å². The first-order valence-electron chi connectivity index (χ1n) is 7.04. The molecule has 2 aromatic heterocycles. The summed E-state index contributed by atoms with van der Waals surface area (Å²) < 4.78 is 5.12.